The second kappa shape index (κ2) is 9.42. The zero-order valence-electron chi connectivity index (χ0n) is 24.2. The fourth-order valence-corrected chi connectivity index (χ4v) is 9.99. The number of fused-ring (bicyclic) bond motifs is 7. The first-order valence-electron chi connectivity index (χ1n) is 15.2. The maximum Gasteiger partial charge on any atom is 0.331 e. The summed E-state index contributed by atoms with van der Waals surface area (Å²) in [6, 6.07) is 0. The van der Waals surface area contributed by atoms with Gasteiger partial charge in [0.05, 0.1) is 29.3 Å². The SMILES string of the molecule is CC(=O)O[C@@H]1C[C@]2(O)[C@@H]3CC=C4C[C@H]5O[C@@H]6O[C@H](C)C[C@H](O)[C@]6(O)O[C@@H]5C[C@]4(C=O)[C@H]3CC[C@]2(C)[C@H]1C1=CC(=O)OC1. The van der Waals surface area contributed by atoms with Crippen LogP contribution in [0, 0.1) is 28.6 Å². The summed E-state index contributed by atoms with van der Waals surface area (Å²) in [5.74, 6) is -3.90. The molecule has 13 atom stereocenters. The summed E-state index contributed by atoms with van der Waals surface area (Å²) < 4.78 is 29.2. The van der Waals surface area contributed by atoms with Crippen LogP contribution in [0.3, 0.4) is 0 Å². The summed E-state index contributed by atoms with van der Waals surface area (Å²) in [6.07, 6.45) is 2.79. The van der Waals surface area contributed by atoms with Crippen LogP contribution in [0.4, 0.5) is 0 Å². The third-order valence-electron chi connectivity index (χ3n) is 11.9. The highest BCUT2D eigenvalue weighted by Crippen LogP contribution is 2.69. The molecule has 4 aliphatic carbocycles. The lowest BCUT2D eigenvalue weighted by molar-refractivity contribution is -0.453. The predicted octanol–water partition coefficient (Wildman–Crippen LogP) is 1.46. The van der Waals surface area contributed by atoms with Gasteiger partial charge >= 0.3 is 11.9 Å². The molecule has 0 bridgehead atoms. The lowest BCUT2D eigenvalue weighted by Crippen LogP contribution is -2.70. The van der Waals surface area contributed by atoms with E-state index in [2.05, 4.69) is 6.08 Å². The van der Waals surface area contributed by atoms with Crippen molar-refractivity contribution in [2.45, 2.75) is 114 Å². The number of aldehydes is 1. The van der Waals surface area contributed by atoms with E-state index in [1.807, 2.05) is 6.92 Å². The van der Waals surface area contributed by atoms with Gasteiger partial charge < -0.3 is 43.8 Å². The van der Waals surface area contributed by atoms with Gasteiger partial charge in [-0.1, -0.05) is 18.6 Å². The number of aliphatic hydroxyl groups excluding tert-OH is 1. The number of ether oxygens (including phenoxy) is 5. The molecule has 2 saturated heterocycles. The molecule has 3 heterocycles. The number of allylic oxidation sites excluding steroid dienone is 1. The molecule has 7 aliphatic rings. The van der Waals surface area contributed by atoms with E-state index in [0.717, 1.165) is 17.4 Å². The molecule has 7 rings (SSSR count). The number of hydrogen-bond donors (Lipinski definition) is 3. The van der Waals surface area contributed by atoms with Gasteiger partial charge in [-0.25, -0.2) is 4.79 Å². The van der Waals surface area contributed by atoms with Crippen molar-refractivity contribution in [2.24, 2.45) is 28.6 Å². The largest absolute Gasteiger partial charge is 0.462 e. The van der Waals surface area contributed by atoms with E-state index < -0.39 is 70.8 Å². The van der Waals surface area contributed by atoms with Crippen molar-refractivity contribution >= 4 is 18.2 Å². The minimum Gasteiger partial charge on any atom is -0.462 e. The molecule has 3 N–H and O–H groups in total. The van der Waals surface area contributed by atoms with Crippen molar-refractivity contribution in [3.05, 3.63) is 23.3 Å². The van der Waals surface area contributed by atoms with Crippen LogP contribution >= 0.6 is 0 Å². The van der Waals surface area contributed by atoms with Gasteiger partial charge in [0.25, 0.3) is 0 Å². The Labute approximate surface area is 244 Å². The molecule has 42 heavy (non-hydrogen) atoms. The fraction of sp³-hybridized carbons (Fsp3) is 0.774. The highest BCUT2D eigenvalue weighted by atomic mass is 16.8. The molecule has 0 aromatic rings. The van der Waals surface area contributed by atoms with Crippen LogP contribution < -0.4 is 0 Å². The summed E-state index contributed by atoms with van der Waals surface area (Å²) in [7, 11) is 0. The summed E-state index contributed by atoms with van der Waals surface area (Å²) in [5.41, 5.74) is -1.32. The van der Waals surface area contributed by atoms with Crippen LogP contribution in [0.5, 0.6) is 0 Å². The Morgan fingerprint density at radius 3 is 2.64 bits per heavy atom. The lowest BCUT2D eigenvalue weighted by Gasteiger charge is -2.62. The van der Waals surface area contributed by atoms with Gasteiger partial charge in [0.2, 0.25) is 12.1 Å². The molecule has 230 valence electrons. The van der Waals surface area contributed by atoms with Gasteiger partial charge in [-0.3, -0.25) is 4.79 Å². The Kier molecular flexibility index (Phi) is 6.42. The van der Waals surface area contributed by atoms with Crippen molar-refractivity contribution in [3.63, 3.8) is 0 Å². The van der Waals surface area contributed by atoms with Crippen molar-refractivity contribution in [3.8, 4) is 0 Å². The Morgan fingerprint density at radius 1 is 1.17 bits per heavy atom. The number of hydrogen-bond acceptors (Lipinski definition) is 11. The summed E-state index contributed by atoms with van der Waals surface area (Å²) in [4.78, 5) is 37.4. The van der Waals surface area contributed by atoms with E-state index in [-0.39, 0.29) is 43.8 Å². The van der Waals surface area contributed by atoms with Crippen LogP contribution in [0.25, 0.3) is 0 Å². The quantitative estimate of drug-likeness (QED) is 0.249. The Bertz CT molecular complexity index is 1260. The van der Waals surface area contributed by atoms with Gasteiger partial charge in [0, 0.05) is 37.2 Å². The van der Waals surface area contributed by atoms with Crippen LogP contribution in [0.1, 0.15) is 65.7 Å². The van der Waals surface area contributed by atoms with Crippen molar-refractivity contribution in [1.82, 2.24) is 0 Å². The van der Waals surface area contributed by atoms with Crippen LogP contribution in [0.15, 0.2) is 23.3 Å². The highest BCUT2D eigenvalue weighted by Gasteiger charge is 2.72. The number of aliphatic hydroxyl groups is 3. The number of cyclic esters (lactones) is 1. The Balaban J connectivity index is 1.23. The molecule has 0 aromatic carbocycles. The highest BCUT2D eigenvalue weighted by molar-refractivity contribution is 5.85. The molecular formula is C31H40O11. The standard InChI is InChI=1S/C31H40O11/c1-15-8-24(34)31(37)27(39-15)41-21-10-18-4-5-20-19(29(18,14-32)11-22(21)42-31)6-7-28(3)26(17-9-25(35)38-13-17)23(40-16(2)33)12-30(20,28)36/h4,9,14-15,19-24,26-27,34,36-37H,5-8,10-13H2,1-3H3/t15-,19+,20-,21-,22-,23-,24+,26+,27+,28-,29-,30+,31+/m1/s1. The molecule has 11 heteroatoms. The maximum atomic E-state index is 13.2. The monoisotopic (exact) mass is 588 g/mol. The van der Waals surface area contributed by atoms with Crippen molar-refractivity contribution in [1.29, 1.82) is 0 Å². The third kappa shape index (κ3) is 3.76. The van der Waals surface area contributed by atoms with E-state index in [0.29, 0.717) is 25.7 Å². The minimum atomic E-state index is -2.04. The smallest absolute Gasteiger partial charge is 0.331 e. The van der Waals surface area contributed by atoms with Crippen LogP contribution in [-0.2, 0) is 38.1 Å². The zero-order valence-corrected chi connectivity index (χ0v) is 24.2. The van der Waals surface area contributed by atoms with E-state index in [1.54, 1.807) is 6.92 Å². The number of carbonyl (C=O) groups is 3. The molecule has 0 unspecified atom stereocenters. The van der Waals surface area contributed by atoms with E-state index in [1.165, 1.54) is 13.0 Å². The van der Waals surface area contributed by atoms with Gasteiger partial charge in [0.15, 0.2) is 0 Å². The van der Waals surface area contributed by atoms with Crippen molar-refractivity contribution < 1.29 is 53.4 Å². The van der Waals surface area contributed by atoms with Crippen molar-refractivity contribution in [2.75, 3.05) is 6.61 Å². The minimum absolute atomic E-state index is 0.0992. The molecule has 0 radical (unpaired) electrons. The molecule has 0 spiro atoms. The maximum absolute atomic E-state index is 13.2. The second-order valence-electron chi connectivity index (χ2n) is 13.9. The topological polar surface area (TPSA) is 158 Å². The second-order valence-corrected chi connectivity index (χ2v) is 13.9. The lowest BCUT2D eigenvalue weighted by atomic mass is 9.45. The van der Waals surface area contributed by atoms with E-state index in [9.17, 15) is 29.7 Å². The van der Waals surface area contributed by atoms with Gasteiger partial charge in [-0.2, -0.15) is 0 Å². The Morgan fingerprint density at radius 2 is 1.95 bits per heavy atom. The number of esters is 2. The summed E-state index contributed by atoms with van der Waals surface area (Å²) >= 11 is 0. The average Bonchev–Trinajstić information content (AvgIpc) is 3.43. The predicted molar refractivity (Wildman–Crippen MR) is 142 cm³/mol. The van der Waals surface area contributed by atoms with E-state index in [4.69, 9.17) is 23.7 Å². The van der Waals surface area contributed by atoms with E-state index >= 15 is 0 Å². The van der Waals surface area contributed by atoms with Gasteiger partial charge in [-0.05, 0) is 56.4 Å². The molecule has 0 amide bonds. The van der Waals surface area contributed by atoms with Gasteiger partial charge in [-0.15, -0.1) is 0 Å². The molecule has 3 saturated carbocycles. The van der Waals surface area contributed by atoms with Crippen LogP contribution in [0.2, 0.25) is 0 Å². The molecule has 11 nitrogen and oxygen atoms in total. The molecular weight excluding hydrogens is 548 g/mol. The first-order valence-corrected chi connectivity index (χ1v) is 15.2. The first-order chi connectivity index (χ1) is 19.8. The fourth-order valence-electron chi connectivity index (χ4n) is 9.99. The Hall–Kier alpha value is -2.15. The summed E-state index contributed by atoms with van der Waals surface area (Å²) in [5, 5.41) is 34.7. The molecule has 0 aromatic heterocycles. The summed E-state index contributed by atoms with van der Waals surface area (Å²) in [6.45, 7) is 5.25. The normalized spacial score (nSPS) is 52.8. The average molecular weight is 589 g/mol. The van der Waals surface area contributed by atoms with Crippen LogP contribution in [-0.4, -0.2) is 88.3 Å². The number of carbonyl (C=O) groups excluding carboxylic acids is 3. The molecule has 5 fully saturated rings. The van der Waals surface area contributed by atoms with Gasteiger partial charge in [0.1, 0.15) is 25.1 Å². The third-order valence-corrected chi connectivity index (χ3v) is 11.9. The number of rotatable bonds is 3. The first kappa shape index (κ1) is 28.6. The zero-order chi connectivity index (χ0) is 29.8. The molecule has 3 aliphatic heterocycles.